The molecule has 0 aliphatic carbocycles. The van der Waals surface area contributed by atoms with Crippen molar-refractivity contribution in [3.8, 4) is 11.5 Å². The molecule has 15 heavy (non-hydrogen) atoms. The van der Waals surface area contributed by atoms with Crippen LogP contribution in [0.5, 0.6) is 11.5 Å². The number of aromatic nitrogens is 2. The second-order valence-corrected chi connectivity index (χ2v) is 3.54. The van der Waals surface area contributed by atoms with E-state index in [9.17, 15) is 0 Å². The van der Waals surface area contributed by atoms with Gasteiger partial charge in [-0.15, -0.1) is 0 Å². The summed E-state index contributed by atoms with van der Waals surface area (Å²) in [6, 6.07) is 3.63. The van der Waals surface area contributed by atoms with E-state index in [1.54, 1.807) is 0 Å². The van der Waals surface area contributed by atoms with Crippen LogP contribution in [0.1, 0.15) is 0 Å². The van der Waals surface area contributed by atoms with E-state index in [0.29, 0.717) is 29.9 Å². The lowest BCUT2D eigenvalue weighted by Gasteiger charge is -2.18. The van der Waals surface area contributed by atoms with Crippen LogP contribution in [-0.4, -0.2) is 23.2 Å². The van der Waals surface area contributed by atoms with Gasteiger partial charge in [0, 0.05) is 11.5 Å². The van der Waals surface area contributed by atoms with Crippen LogP contribution in [0.25, 0.3) is 10.9 Å². The first-order valence-corrected chi connectivity index (χ1v) is 4.92. The molecule has 1 aromatic carbocycles. The number of halogens is 1. The largest absolute Gasteiger partial charge is 0.486 e. The number of benzene rings is 1. The van der Waals surface area contributed by atoms with Crippen molar-refractivity contribution in [1.82, 2.24) is 9.97 Å². The monoisotopic (exact) mass is 222 g/mol. The van der Waals surface area contributed by atoms with Gasteiger partial charge in [-0.25, -0.2) is 9.97 Å². The molecule has 1 aliphatic heterocycles. The van der Waals surface area contributed by atoms with Crippen LogP contribution in [0.2, 0.25) is 5.15 Å². The second kappa shape index (κ2) is 3.24. The van der Waals surface area contributed by atoms with Crippen LogP contribution >= 0.6 is 11.6 Å². The van der Waals surface area contributed by atoms with Gasteiger partial charge in [-0.1, -0.05) is 11.6 Å². The fourth-order valence-corrected chi connectivity index (χ4v) is 1.76. The van der Waals surface area contributed by atoms with E-state index in [-0.39, 0.29) is 0 Å². The van der Waals surface area contributed by atoms with E-state index in [0.717, 1.165) is 10.9 Å². The quantitative estimate of drug-likeness (QED) is 0.640. The maximum atomic E-state index is 5.95. The molecule has 76 valence electrons. The fourth-order valence-electron chi connectivity index (χ4n) is 1.56. The van der Waals surface area contributed by atoms with E-state index in [2.05, 4.69) is 9.97 Å². The first kappa shape index (κ1) is 8.73. The molecule has 0 saturated carbocycles. The molecule has 0 radical (unpaired) electrons. The summed E-state index contributed by atoms with van der Waals surface area (Å²) in [5, 5.41) is 1.21. The van der Waals surface area contributed by atoms with Crippen LogP contribution in [0, 0.1) is 0 Å². The SMILES string of the molecule is Clc1ncnc2cc3c(cc12)OCCO3. The molecule has 0 spiro atoms. The zero-order chi connectivity index (χ0) is 10.3. The Bertz CT molecular complexity index is 530. The molecule has 0 fully saturated rings. The molecular formula is C10H7ClN2O2. The summed E-state index contributed by atoms with van der Waals surface area (Å²) in [5.41, 5.74) is 0.763. The van der Waals surface area contributed by atoms with Gasteiger partial charge in [-0.05, 0) is 6.07 Å². The van der Waals surface area contributed by atoms with Crippen molar-refractivity contribution in [1.29, 1.82) is 0 Å². The third-order valence-electron chi connectivity index (χ3n) is 2.25. The summed E-state index contributed by atoms with van der Waals surface area (Å²) in [6.45, 7) is 1.13. The minimum absolute atomic E-state index is 0.428. The summed E-state index contributed by atoms with van der Waals surface area (Å²) < 4.78 is 10.9. The maximum absolute atomic E-state index is 5.95. The molecular weight excluding hydrogens is 216 g/mol. The number of nitrogens with zero attached hydrogens (tertiary/aromatic N) is 2. The summed E-state index contributed by atoms with van der Waals surface area (Å²) in [4.78, 5) is 8.03. The van der Waals surface area contributed by atoms with Crippen molar-refractivity contribution < 1.29 is 9.47 Å². The highest BCUT2D eigenvalue weighted by Crippen LogP contribution is 2.35. The van der Waals surface area contributed by atoms with Gasteiger partial charge in [0.1, 0.15) is 24.7 Å². The number of hydrogen-bond donors (Lipinski definition) is 0. The van der Waals surface area contributed by atoms with Gasteiger partial charge in [-0.3, -0.25) is 0 Å². The Kier molecular flexibility index (Phi) is 1.89. The average molecular weight is 223 g/mol. The zero-order valence-corrected chi connectivity index (χ0v) is 8.49. The van der Waals surface area contributed by atoms with Crippen molar-refractivity contribution in [2.24, 2.45) is 0 Å². The molecule has 1 aromatic heterocycles. The van der Waals surface area contributed by atoms with Gasteiger partial charge in [0.25, 0.3) is 0 Å². The molecule has 0 N–H and O–H groups in total. The van der Waals surface area contributed by atoms with E-state index < -0.39 is 0 Å². The molecule has 3 rings (SSSR count). The molecule has 0 unspecified atom stereocenters. The predicted molar refractivity (Wildman–Crippen MR) is 55.5 cm³/mol. The Labute approximate surface area is 90.8 Å². The molecule has 2 aromatic rings. The molecule has 0 amide bonds. The number of hydrogen-bond acceptors (Lipinski definition) is 4. The van der Waals surface area contributed by atoms with Crippen molar-refractivity contribution in [2.75, 3.05) is 13.2 Å². The lowest BCUT2D eigenvalue weighted by molar-refractivity contribution is 0.172. The third kappa shape index (κ3) is 1.37. The van der Waals surface area contributed by atoms with Gasteiger partial charge in [-0.2, -0.15) is 0 Å². The summed E-state index contributed by atoms with van der Waals surface area (Å²) in [5.74, 6) is 1.41. The molecule has 0 bridgehead atoms. The average Bonchev–Trinajstić information content (AvgIpc) is 2.27. The smallest absolute Gasteiger partial charge is 0.163 e. The van der Waals surface area contributed by atoms with E-state index in [1.165, 1.54) is 6.33 Å². The Morgan fingerprint density at radius 2 is 1.80 bits per heavy atom. The number of fused-ring (bicyclic) bond motifs is 2. The highest BCUT2D eigenvalue weighted by molar-refractivity contribution is 6.34. The molecule has 1 aliphatic rings. The predicted octanol–water partition coefficient (Wildman–Crippen LogP) is 2.05. The molecule has 0 atom stereocenters. The van der Waals surface area contributed by atoms with Crippen LogP contribution in [0.4, 0.5) is 0 Å². The van der Waals surface area contributed by atoms with Crippen molar-refractivity contribution in [2.45, 2.75) is 0 Å². The molecule has 4 nitrogen and oxygen atoms in total. The van der Waals surface area contributed by atoms with E-state index >= 15 is 0 Å². The lowest BCUT2D eigenvalue weighted by atomic mass is 10.2. The van der Waals surface area contributed by atoms with Crippen LogP contribution in [0.15, 0.2) is 18.5 Å². The summed E-state index contributed by atoms with van der Waals surface area (Å²) in [7, 11) is 0. The zero-order valence-electron chi connectivity index (χ0n) is 7.74. The fraction of sp³-hybridized carbons (Fsp3) is 0.200. The van der Waals surface area contributed by atoms with E-state index in [4.69, 9.17) is 21.1 Å². The highest BCUT2D eigenvalue weighted by atomic mass is 35.5. The topological polar surface area (TPSA) is 44.2 Å². The minimum atomic E-state index is 0.428. The van der Waals surface area contributed by atoms with Crippen LogP contribution in [-0.2, 0) is 0 Å². The standard InChI is InChI=1S/C10H7ClN2O2/c11-10-6-3-8-9(15-2-1-14-8)4-7(6)12-5-13-10/h3-5H,1-2H2. The lowest BCUT2D eigenvalue weighted by Crippen LogP contribution is -2.15. The highest BCUT2D eigenvalue weighted by Gasteiger charge is 2.14. The Morgan fingerprint density at radius 1 is 1.07 bits per heavy atom. The van der Waals surface area contributed by atoms with Crippen LogP contribution < -0.4 is 9.47 Å². The Morgan fingerprint density at radius 3 is 2.60 bits per heavy atom. The Hall–Kier alpha value is -1.55. The normalized spacial score (nSPS) is 14.2. The van der Waals surface area contributed by atoms with Crippen molar-refractivity contribution >= 4 is 22.5 Å². The molecule has 2 heterocycles. The first-order chi connectivity index (χ1) is 7.34. The minimum Gasteiger partial charge on any atom is -0.486 e. The van der Waals surface area contributed by atoms with Gasteiger partial charge in [0.2, 0.25) is 0 Å². The van der Waals surface area contributed by atoms with Crippen molar-refractivity contribution in [3.63, 3.8) is 0 Å². The first-order valence-electron chi connectivity index (χ1n) is 4.54. The molecule has 0 saturated heterocycles. The molecule has 5 heteroatoms. The number of ether oxygens (including phenoxy) is 2. The number of rotatable bonds is 0. The third-order valence-corrected chi connectivity index (χ3v) is 2.55. The summed E-state index contributed by atoms with van der Waals surface area (Å²) in [6.07, 6.45) is 1.43. The van der Waals surface area contributed by atoms with Gasteiger partial charge >= 0.3 is 0 Å². The maximum Gasteiger partial charge on any atom is 0.163 e. The van der Waals surface area contributed by atoms with Gasteiger partial charge in [0.05, 0.1) is 5.52 Å². The van der Waals surface area contributed by atoms with Crippen molar-refractivity contribution in [3.05, 3.63) is 23.6 Å². The van der Waals surface area contributed by atoms with E-state index in [1.807, 2.05) is 12.1 Å². The van der Waals surface area contributed by atoms with Gasteiger partial charge < -0.3 is 9.47 Å². The van der Waals surface area contributed by atoms with Gasteiger partial charge in [0.15, 0.2) is 11.5 Å². The Balaban J connectivity index is 2.31. The summed E-state index contributed by atoms with van der Waals surface area (Å²) >= 11 is 5.95. The van der Waals surface area contributed by atoms with Crippen LogP contribution in [0.3, 0.4) is 0 Å². The second-order valence-electron chi connectivity index (χ2n) is 3.18.